The fraction of sp³-hybridized carbons (Fsp3) is 0.500. The first-order valence-corrected chi connectivity index (χ1v) is 7.61. The molecule has 0 aromatic heterocycles. The molecule has 0 spiro atoms. The molecule has 1 N–H and O–H groups in total. The first kappa shape index (κ1) is 14.7. The summed E-state index contributed by atoms with van der Waals surface area (Å²) >= 11 is 2.22. The van der Waals surface area contributed by atoms with Crippen LogP contribution in [0.15, 0.2) is 24.3 Å². The van der Waals surface area contributed by atoms with Gasteiger partial charge in [-0.25, -0.2) is 4.39 Å². The van der Waals surface area contributed by atoms with E-state index < -0.39 is 0 Å². The Balaban J connectivity index is 1.82. The number of halogens is 2. The molecule has 0 saturated carbocycles. The summed E-state index contributed by atoms with van der Waals surface area (Å²) in [6.07, 6.45) is 1.80. The fourth-order valence-electron chi connectivity index (χ4n) is 2.29. The van der Waals surface area contributed by atoms with Crippen LogP contribution in [0.4, 0.5) is 4.39 Å². The maximum atomic E-state index is 12.2. The minimum Gasteiger partial charge on any atom is -0.349 e. The third-order valence-electron chi connectivity index (χ3n) is 3.43. The van der Waals surface area contributed by atoms with E-state index in [0.29, 0.717) is 12.1 Å². The second-order valence-corrected chi connectivity index (χ2v) is 6.03. The number of hydrogen-bond donors (Lipinski definition) is 1. The van der Waals surface area contributed by atoms with Crippen molar-refractivity contribution in [3.63, 3.8) is 0 Å². The van der Waals surface area contributed by atoms with Gasteiger partial charge in [0, 0.05) is 34.8 Å². The topological polar surface area (TPSA) is 32.3 Å². The van der Waals surface area contributed by atoms with E-state index in [0.717, 1.165) is 29.5 Å². The number of carbonyl (C=O) groups excluding carboxylic acids is 1. The van der Waals surface area contributed by atoms with Crippen LogP contribution in [-0.2, 0) is 0 Å². The number of hydrogen-bond acceptors (Lipinski definition) is 2. The highest BCUT2D eigenvalue weighted by Crippen LogP contribution is 2.12. The maximum absolute atomic E-state index is 12.2. The van der Waals surface area contributed by atoms with E-state index in [2.05, 4.69) is 32.8 Å². The zero-order valence-corrected chi connectivity index (χ0v) is 12.9. The lowest BCUT2D eigenvalue weighted by molar-refractivity contribution is 0.0909. The number of piperidine rings is 1. The molecule has 1 aromatic carbocycles. The smallest absolute Gasteiger partial charge is 0.251 e. The van der Waals surface area contributed by atoms with Gasteiger partial charge in [0.15, 0.2) is 0 Å². The van der Waals surface area contributed by atoms with Crippen LogP contribution in [0.5, 0.6) is 0 Å². The van der Waals surface area contributed by atoms with Gasteiger partial charge in [0.2, 0.25) is 0 Å². The lowest BCUT2D eigenvalue weighted by Crippen LogP contribution is -2.45. The van der Waals surface area contributed by atoms with Gasteiger partial charge in [0.25, 0.3) is 5.91 Å². The summed E-state index contributed by atoms with van der Waals surface area (Å²) in [4.78, 5) is 14.1. The van der Waals surface area contributed by atoms with Gasteiger partial charge in [-0.3, -0.25) is 4.79 Å². The van der Waals surface area contributed by atoms with Crippen molar-refractivity contribution in [3.05, 3.63) is 33.4 Å². The number of rotatable bonds is 4. The third-order valence-corrected chi connectivity index (χ3v) is 4.15. The zero-order chi connectivity index (χ0) is 13.7. The van der Waals surface area contributed by atoms with Crippen LogP contribution in [0.1, 0.15) is 23.2 Å². The molecule has 2 rings (SSSR count). The SMILES string of the molecule is O=C(NC1CCN(CCF)CC1)c1ccc([123I])cc1. The minimum absolute atomic E-state index is 0.0136. The Morgan fingerprint density at radius 2 is 1.95 bits per heavy atom. The molecule has 0 unspecified atom stereocenters. The highest BCUT2D eigenvalue weighted by molar-refractivity contribution is 14.1. The molecule has 1 fully saturated rings. The Hall–Kier alpha value is -0.690. The quantitative estimate of drug-likeness (QED) is 0.824. The molecule has 3 nitrogen and oxygen atoms in total. The average molecular weight is 372 g/mol. The number of alkyl halides is 1. The summed E-state index contributed by atoms with van der Waals surface area (Å²) in [6, 6.07) is 7.76. The van der Waals surface area contributed by atoms with E-state index in [4.69, 9.17) is 0 Å². The molecule has 104 valence electrons. The summed E-state index contributed by atoms with van der Waals surface area (Å²) in [5.74, 6) is -0.0136. The molecule has 0 atom stereocenters. The van der Waals surface area contributed by atoms with Gasteiger partial charge in [-0.1, -0.05) is 0 Å². The van der Waals surface area contributed by atoms with Crippen molar-refractivity contribution in [2.75, 3.05) is 26.3 Å². The van der Waals surface area contributed by atoms with Crippen LogP contribution in [0.2, 0.25) is 0 Å². The van der Waals surface area contributed by atoms with Crippen LogP contribution < -0.4 is 5.32 Å². The summed E-state index contributed by atoms with van der Waals surface area (Å²) < 4.78 is 13.3. The molecule has 1 aromatic rings. The van der Waals surface area contributed by atoms with Gasteiger partial charge < -0.3 is 10.2 Å². The number of likely N-dealkylation sites (tertiary alicyclic amines) is 1. The summed E-state index contributed by atoms with van der Waals surface area (Å²) in [5, 5.41) is 3.06. The van der Waals surface area contributed by atoms with Gasteiger partial charge in [-0.15, -0.1) is 0 Å². The summed E-state index contributed by atoms with van der Waals surface area (Å²) in [6.45, 7) is 1.95. The van der Waals surface area contributed by atoms with Crippen molar-refractivity contribution in [2.24, 2.45) is 0 Å². The molecule has 0 aliphatic carbocycles. The number of nitrogens with one attached hydrogen (secondary N) is 1. The highest BCUT2D eigenvalue weighted by Gasteiger charge is 2.20. The van der Waals surface area contributed by atoms with Crippen molar-refractivity contribution in [1.29, 1.82) is 0 Å². The minimum atomic E-state index is -0.292. The van der Waals surface area contributed by atoms with Crippen molar-refractivity contribution in [1.82, 2.24) is 10.2 Å². The Morgan fingerprint density at radius 3 is 2.53 bits per heavy atom. The molecule has 5 heteroatoms. The van der Waals surface area contributed by atoms with Crippen molar-refractivity contribution >= 4 is 28.5 Å². The van der Waals surface area contributed by atoms with Crippen molar-refractivity contribution in [3.8, 4) is 0 Å². The number of amides is 1. The lowest BCUT2D eigenvalue weighted by atomic mass is 10.0. The van der Waals surface area contributed by atoms with E-state index >= 15 is 0 Å². The van der Waals surface area contributed by atoms with E-state index in [9.17, 15) is 9.18 Å². The van der Waals surface area contributed by atoms with Gasteiger partial charge in [-0.2, -0.15) is 0 Å². The van der Waals surface area contributed by atoms with E-state index in [1.807, 2.05) is 24.3 Å². The number of carbonyl (C=O) groups is 1. The Bertz CT molecular complexity index is 416. The predicted octanol–water partition coefficient (Wildman–Crippen LogP) is 2.45. The number of benzene rings is 1. The van der Waals surface area contributed by atoms with Crippen LogP contribution >= 0.6 is 22.6 Å². The molecule has 0 bridgehead atoms. The first-order chi connectivity index (χ1) is 9.19. The third kappa shape index (κ3) is 4.42. The zero-order valence-electron chi connectivity index (χ0n) is 10.7. The van der Waals surface area contributed by atoms with Crippen LogP contribution in [0, 0.1) is 3.57 Å². The molecule has 1 aliphatic heterocycles. The molecule has 1 saturated heterocycles. The van der Waals surface area contributed by atoms with Gasteiger partial charge in [0.1, 0.15) is 6.67 Å². The van der Waals surface area contributed by atoms with Crippen LogP contribution in [0.3, 0.4) is 0 Å². The number of nitrogens with zero attached hydrogens (tertiary/aromatic N) is 1. The van der Waals surface area contributed by atoms with E-state index in [-0.39, 0.29) is 18.6 Å². The molecule has 1 amide bonds. The summed E-state index contributed by atoms with van der Waals surface area (Å²) in [5.41, 5.74) is 0.701. The Labute approximate surface area is 126 Å². The molecular weight excluding hydrogens is 354 g/mol. The van der Waals surface area contributed by atoms with E-state index in [1.54, 1.807) is 0 Å². The Kier molecular flexibility index (Phi) is 5.57. The molecule has 1 heterocycles. The fourth-order valence-corrected chi connectivity index (χ4v) is 2.65. The maximum Gasteiger partial charge on any atom is 0.251 e. The molecular formula is C14H18FIN2O. The highest BCUT2D eigenvalue weighted by atomic mass is 123. The average Bonchev–Trinajstić information content (AvgIpc) is 2.42. The lowest BCUT2D eigenvalue weighted by Gasteiger charge is -2.31. The summed E-state index contributed by atoms with van der Waals surface area (Å²) in [7, 11) is 0. The van der Waals surface area contributed by atoms with Gasteiger partial charge in [0.05, 0.1) is 0 Å². The van der Waals surface area contributed by atoms with Crippen LogP contribution in [0.25, 0.3) is 0 Å². The van der Waals surface area contributed by atoms with Gasteiger partial charge >= 0.3 is 0 Å². The second-order valence-electron chi connectivity index (χ2n) is 4.79. The normalized spacial score (nSPS) is 17.4. The standard InChI is InChI=1S/C14H18FIN2O/c15-7-10-18-8-5-13(6-9-18)17-14(19)11-1-3-12(16)4-2-11/h1-4,13H,5-10H2,(H,17,19)/i16-4. The largest absolute Gasteiger partial charge is 0.349 e. The van der Waals surface area contributed by atoms with Crippen LogP contribution in [-0.4, -0.2) is 43.2 Å². The van der Waals surface area contributed by atoms with Crippen molar-refractivity contribution < 1.29 is 9.18 Å². The molecule has 19 heavy (non-hydrogen) atoms. The first-order valence-electron chi connectivity index (χ1n) is 6.54. The molecule has 1 aliphatic rings. The molecule has 0 radical (unpaired) electrons. The Morgan fingerprint density at radius 1 is 1.32 bits per heavy atom. The van der Waals surface area contributed by atoms with Crippen molar-refractivity contribution in [2.45, 2.75) is 18.9 Å². The second kappa shape index (κ2) is 7.19. The predicted molar refractivity (Wildman–Crippen MR) is 82.1 cm³/mol. The van der Waals surface area contributed by atoms with Gasteiger partial charge in [-0.05, 0) is 59.7 Å². The monoisotopic (exact) mass is 372 g/mol. The van der Waals surface area contributed by atoms with E-state index in [1.165, 1.54) is 0 Å².